The van der Waals surface area contributed by atoms with Gasteiger partial charge in [0.25, 0.3) is 11.6 Å². The SMILES string of the molecule is Cc1noc2nc(-c3ccco3)cc(C(=O)N(C)CCCOc3cccc(Cl)c3)c12. The second-order valence-electron chi connectivity index (χ2n) is 6.87. The highest BCUT2D eigenvalue weighted by atomic mass is 35.5. The van der Waals surface area contributed by atoms with Gasteiger partial charge in [0.15, 0.2) is 5.76 Å². The largest absolute Gasteiger partial charge is 0.493 e. The van der Waals surface area contributed by atoms with Gasteiger partial charge in [0.2, 0.25) is 0 Å². The molecule has 3 heterocycles. The van der Waals surface area contributed by atoms with E-state index in [-0.39, 0.29) is 5.91 Å². The Morgan fingerprint density at radius 1 is 1.23 bits per heavy atom. The zero-order valence-corrected chi connectivity index (χ0v) is 17.3. The van der Waals surface area contributed by atoms with Crippen molar-refractivity contribution >= 4 is 28.6 Å². The van der Waals surface area contributed by atoms with Crippen molar-refractivity contribution in [2.75, 3.05) is 20.2 Å². The van der Waals surface area contributed by atoms with Gasteiger partial charge in [-0.2, -0.15) is 0 Å². The van der Waals surface area contributed by atoms with Crippen LogP contribution in [0.5, 0.6) is 5.75 Å². The molecule has 0 saturated heterocycles. The van der Waals surface area contributed by atoms with Gasteiger partial charge in [-0.15, -0.1) is 0 Å². The highest BCUT2D eigenvalue weighted by molar-refractivity contribution is 6.30. The molecule has 8 heteroatoms. The summed E-state index contributed by atoms with van der Waals surface area (Å²) >= 11 is 5.96. The van der Waals surface area contributed by atoms with Gasteiger partial charge in [-0.05, 0) is 49.7 Å². The number of nitrogens with zero attached hydrogens (tertiary/aromatic N) is 3. The molecule has 3 aromatic heterocycles. The summed E-state index contributed by atoms with van der Waals surface area (Å²) in [5.74, 6) is 1.11. The molecule has 0 unspecified atom stereocenters. The van der Waals surface area contributed by atoms with Crippen molar-refractivity contribution in [3.63, 3.8) is 0 Å². The Labute approximate surface area is 178 Å². The standard InChI is InChI=1S/C22H20ClN3O4/c1-14-20-17(13-18(19-8-4-10-29-19)24-21(20)30-25-14)22(27)26(2)9-5-11-28-16-7-3-6-15(23)12-16/h3-4,6-8,10,12-13H,5,9,11H2,1-2H3. The van der Waals surface area contributed by atoms with Crippen LogP contribution in [0.3, 0.4) is 0 Å². The van der Waals surface area contributed by atoms with Crippen LogP contribution in [0, 0.1) is 6.92 Å². The van der Waals surface area contributed by atoms with E-state index in [0.29, 0.717) is 64.2 Å². The van der Waals surface area contributed by atoms with Crippen molar-refractivity contribution in [3.05, 3.63) is 65.0 Å². The molecule has 0 aliphatic carbocycles. The Kier molecular flexibility index (Phi) is 5.72. The maximum Gasteiger partial charge on any atom is 0.259 e. The van der Waals surface area contributed by atoms with Crippen molar-refractivity contribution in [2.24, 2.45) is 0 Å². The molecule has 1 aromatic carbocycles. The Morgan fingerprint density at radius 2 is 2.10 bits per heavy atom. The number of pyridine rings is 1. The normalized spacial score (nSPS) is 11.0. The lowest BCUT2D eigenvalue weighted by Crippen LogP contribution is -2.29. The van der Waals surface area contributed by atoms with Gasteiger partial charge < -0.3 is 18.6 Å². The monoisotopic (exact) mass is 425 g/mol. The first-order chi connectivity index (χ1) is 14.5. The summed E-state index contributed by atoms with van der Waals surface area (Å²) in [5, 5.41) is 5.20. The van der Waals surface area contributed by atoms with E-state index in [1.807, 2.05) is 12.1 Å². The van der Waals surface area contributed by atoms with Crippen LogP contribution in [-0.2, 0) is 0 Å². The number of hydrogen-bond donors (Lipinski definition) is 0. The van der Waals surface area contributed by atoms with E-state index in [1.165, 1.54) is 0 Å². The van der Waals surface area contributed by atoms with E-state index in [0.717, 1.165) is 0 Å². The van der Waals surface area contributed by atoms with Crippen LogP contribution >= 0.6 is 11.6 Å². The van der Waals surface area contributed by atoms with Crippen molar-refractivity contribution in [1.82, 2.24) is 15.0 Å². The van der Waals surface area contributed by atoms with Crippen molar-refractivity contribution in [2.45, 2.75) is 13.3 Å². The fourth-order valence-corrected chi connectivity index (χ4v) is 3.35. The summed E-state index contributed by atoms with van der Waals surface area (Å²) < 4.78 is 16.4. The molecule has 1 amide bonds. The van der Waals surface area contributed by atoms with Crippen LogP contribution in [0.1, 0.15) is 22.5 Å². The van der Waals surface area contributed by atoms with E-state index >= 15 is 0 Å². The minimum atomic E-state index is -0.149. The Morgan fingerprint density at radius 3 is 2.87 bits per heavy atom. The molecule has 0 radical (unpaired) electrons. The summed E-state index contributed by atoms with van der Waals surface area (Å²) in [6, 6.07) is 12.5. The summed E-state index contributed by atoms with van der Waals surface area (Å²) in [7, 11) is 1.75. The van der Waals surface area contributed by atoms with Crippen LogP contribution in [0.4, 0.5) is 0 Å². The molecule has 0 aliphatic rings. The Hall–Kier alpha value is -3.32. The average Bonchev–Trinajstić information content (AvgIpc) is 3.40. The zero-order chi connectivity index (χ0) is 21.1. The lowest BCUT2D eigenvalue weighted by atomic mass is 10.1. The number of rotatable bonds is 7. The fourth-order valence-electron chi connectivity index (χ4n) is 3.17. The predicted molar refractivity (Wildman–Crippen MR) is 113 cm³/mol. The minimum Gasteiger partial charge on any atom is -0.493 e. The summed E-state index contributed by atoms with van der Waals surface area (Å²) in [6.07, 6.45) is 2.22. The summed E-state index contributed by atoms with van der Waals surface area (Å²) in [4.78, 5) is 19.3. The molecule has 4 rings (SSSR count). The van der Waals surface area contributed by atoms with Gasteiger partial charge in [-0.1, -0.05) is 22.8 Å². The number of fused-ring (bicyclic) bond motifs is 1. The van der Waals surface area contributed by atoms with Crippen molar-refractivity contribution in [1.29, 1.82) is 0 Å². The van der Waals surface area contributed by atoms with Crippen LogP contribution in [0.25, 0.3) is 22.6 Å². The fraction of sp³-hybridized carbons (Fsp3) is 0.227. The van der Waals surface area contributed by atoms with Gasteiger partial charge in [0, 0.05) is 18.6 Å². The molecule has 0 aliphatic heterocycles. The van der Waals surface area contributed by atoms with Gasteiger partial charge in [-0.3, -0.25) is 4.79 Å². The average molecular weight is 426 g/mol. The number of hydrogen-bond acceptors (Lipinski definition) is 6. The van der Waals surface area contributed by atoms with E-state index in [2.05, 4.69) is 10.1 Å². The number of amides is 1. The third-order valence-corrected chi connectivity index (χ3v) is 4.91. The number of furan rings is 1. The van der Waals surface area contributed by atoms with Gasteiger partial charge in [-0.25, -0.2) is 4.98 Å². The zero-order valence-electron chi connectivity index (χ0n) is 16.6. The number of aryl methyl sites for hydroxylation is 1. The maximum atomic E-state index is 13.2. The lowest BCUT2D eigenvalue weighted by molar-refractivity contribution is 0.0789. The molecular weight excluding hydrogens is 406 g/mol. The molecule has 7 nitrogen and oxygen atoms in total. The minimum absolute atomic E-state index is 0.149. The van der Waals surface area contributed by atoms with Gasteiger partial charge >= 0.3 is 0 Å². The number of ether oxygens (including phenoxy) is 1. The van der Waals surface area contributed by atoms with Crippen LogP contribution in [0.15, 0.2) is 57.7 Å². The molecule has 0 atom stereocenters. The Bertz CT molecular complexity index is 1170. The number of carbonyl (C=O) groups excluding carboxylic acids is 1. The number of halogens is 1. The lowest BCUT2D eigenvalue weighted by Gasteiger charge is -2.18. The van der Waals surface area contributed by atoms with Crippen LogP contribution in [0.2, 0.25) is 5.02 Å². The Balaban J connectivity index is 1.48. The number of benzene rings is 1. The number of aromatic nitrogens is 2. The molecule has 0 saturated carbocycles. The van der Waals surface area contributed by atoms with E-state index in [4.69, 9.17) is 25.3 Å². The molecule has 30 heavy (non-hydrogen) atoms. The van der Waals surface area contributed by atoms with Crippen LogP contribution in [-0.4, -0.2) is 41.1 Å². The highest BCUT2D eigenvalue weighted by Crippen LogP contribution is 2.28. The van der Waals surface area contributed by atoms with Gasteiger partial charge in [0.1, 0.15) is 11.4 Å². The topological polar surface area (TPSA) is 81.6 Å². The molecule has 0 bridgehead atoms. The third-order valence-electron chi connectivity index (χ3n) is 4.67. The molecule has 154 valence electrons. The van der Waals surface area contributed by atoms with Crippen molar-refractivity contribution < 1.29 is 18.5 Å². The van der Waals surface area contributed by atoms with E-state index < -0.39 is 0 Å². The summed E-state index contributed by atoms with van der Waals surface area (Å²) in [6.45, 7) is 2.77. The third kappa shape index (κ3) is 4.16. The first-order valence-corrected chi connectivity index (χ1v) is 9.85. The molecule has 4 aromatic rings. The summed E-state index contributed by atoms with van der Waals surface area (Å²) in [5.41, 5.74) is 1.92. The maximum absolute atomic E-state index is 13.2. The molecule has 0 spiro atoms. The second-order valence-corrected chi connectivity index (χ2v) is 7.30. The van der Waals surface area contributed by atoms with Crippen LogP contribution < -0.4 is 4.74 Å². The van der Waals surface area contributed by atoms with Crippen molar-refractivity contribution in [3.8, 4) is 17.2 Å². The number of carbonyl (C=O) groups is 1. The molecular formula is C22H20ClN3O4. The van der Waals surface area contributed by atoms with E-state index in [9.17, 15) is 4.79 Å². The highest BCUT2D eigenvalue weighted by Gasteiger charge is 2.22. The van der Waals surface area contributed by atoms with Gasteiger partial charge in [0.05, 0.1) is 29.5 Å². The predicted octanol–water partition coefficient (Wildman–Crippen LogP) is 4.99. The first kappa shape index (κ1) is 20.0. The smallest absolute Gasteiger partial charge is 0.259 e. The second kappa shape index (κ2) is 8.59. The molecule has 0 fully saturated rings. The molecule has 0 N–H and O–H groups in total. The van der Waals surface area contributed by atoms with E-state index in [1.54, 1.807) is 55.5 Å². The first-order valence-electron chi connectivity index (χ1n) is 9.47. The quantitative estimate of drug-likeness (QED) is 0.388.